The Morgan fingerprint density at radius 1 is 1.32 bits per heavy atom. The van der Waals surface area contributed by atoms with E-state index in [-0.39, 0.29) is 28.9 Å². The Bertz CT molecular complexity index is 847. The number of carbonyl (C=O) groups is 1. The molecule has 0 unspecified atom stereocenters. The largest absolute Gasteiger partial charge is 0.369 e. The van der Waals surface area contributed by atoms with Crippen molar-refractivity contribution in [2.75, 3.05) is 18.0 Å². The number of aromatic nitrogens is 1. The summed E-state index contributed by atoms with van der Waals surface area (Å²) in [6.07, 6.45) is 1.73. The van der Waals surface area contributed by atoms with Crippen molar-refractivity contribution in [3.63, 3.8) is 0 Å². The fourth-order valence-electron chi connectivity index (χ4n) is 3.40. The SMILES string of the molecule is Cc1cc(C)c(C(=O)N[C@H]2CCCN(c3cccc(F)c3)C2)c(=O)[nH]1. The van der Waals surface area contributed by atoms with Crippen LogP contribution in [-0.2, 0) is 0 Å². The molecular weight excluding hydrogens is 321 g/mol. The van der Waals surface area contributed by atoms with Crippen molar-refractivity contribution in [1.82, 2.24) is 10.3 Å². The first kappa shape index (κ1) is 17.2. The number of rotatable bonds is 3. The molecule has 2 heterocycles. The van der Waals surface area contributed by atoms with Crippen molar-refractivity contribution >= 4 is 11.6 Å². The predicted octanol–water partition coefficient (Wildman–Crippen LogP) is 2.53. The smallest absolute Gasteiger partial charge is 0.261 e. The van der Waals surface area contributed by atoms with E-state index >= 15 is 0 Å². The standard InChI is InChI=1S/C19H22FN3O2/c1-12-9-13(2)21-18(24)17(12)19(25)22-15-6-4-8-23(11-15)16-7-3-5-14(20)10-16/h3,5,7,9-10,15H,4,6,8,11H2,1-2H3,(H,21,24)(H,22,25)/t15-/m0/s1. The number of benzene rings is 1. The lowest BCUT2D eigenvalue weighted by Crippen LogP contribution is -2.48. The summed E-state index contributed by atoms with van der Waals surface area (Å²) in [7, 11) is 0. The molecule has 1 amide bonds. The molecule has 0 saturated carbocycles. The second kappa shape index (κ2) is 7.09. The minimum absolute atomic E-state index is 0.0791. The molecule has 132 valence electrons. The van der Waals surface area contributed by atoms with Gasteiger partial charge in [0.15, 0.2) is 0 Å². The summed E-state index contributed by atoms with van der Waals surface area (Å²) < 4.78 is 13.4. The van der Waals surface area contributed by atoms with E-state index in [1.807, 2.05) is 6.07 Å². The molecule has 1 aromatic heterocycles. The number of anilines is 1. The number of aromatic amines is 1. The zero-order valence-electron chi connectivity index (χ0n) is 14.4. The van der Waals surface area contributed by atoms with Crippen LogP contribution in [0, 0.1) is 19.7 Å². The topological polar surface area (TPSA) is 65.2 Å². The van der Waals surface area contributed by atoms with Crippen molar-refractivity contribution in [3.05, 3.63) is 63.3 Å². The second-order valence-corrected chi connectivity index (χ2v) is 6.58. The summed E-state index contributed by atoms with van der Waals surface area (Å²) in [4.78, 5) is 29.4. The average Bonchev–Trinajstić information content (AvgIpc) is 2.54. The first-order chi connectivity index (χ1) is 11.9. The van der Waals surface area contributed by atoms with E-state index in [2.05, 4.69) is 15.2 Å². The van der Waals surface area contributed by atoms with Crippen molar-refractivity contribution in [2.24, 2.45) is 0 Å². The minimum atomic E-state index is -0.368. The normalized spacial score (nSPS) is 17.4. The monoisotopic (exact) mass is 343 g/mol. The predicted molar refractivity (Wildman–Crippen MR) is 95.6 cm³/mol. The van der Waals surface area contributed by atoms with Crippen LogP contribution in [0.15, 0.2) is 35.1 Å². The van der Waals surface area contributed by atoms with Gasteiger partial charge in [-0.05, 0) is 56.5 Å². The van der Waals surface area contributed by atoms with Gasteiger partial charge in [-0.3, -0.25) is 9.59 Å². The first-order valence-electron chi connectivity index (χ1n) is 8.46. The lowest BCUT2D eigenvalue weighted by atomic mass is 10.0. The zero-order chi connectivity index (χ0) is 18.0. The Kier molecular flexibility index (Phi) is 4.88. The van der Waals surface area contributed by atoms with Gasteiger partial charge in [0.25, 0.3) is 11.5 Å². The summed E-state index contributed by atoms with van der Waals surface area (Å²) in [6.45, 7) is 4.96. The van der Waals surface area contributed by atoms with Crippen LogP contribution >= 0.6 is 0 Å². The van der Waals surface area contributed by atoms with Gasteiger partial charge in [-0.1, -0.05) is 6.07 Å². The van der Waals surface area contributed by atoms with Gasteiger partial charge in [0.1, 0.15) is 11.4 Å². The third-order valence-corrected chi connectivity index (χ3v) is 4.52. The fourth-order valence-corrected chi connectivity index (χ4v) is 3.40. The summed E-state index contributed by atoms with van der Waals surface area (Å²) in [5.41, 5.74) is 2.00. The highest BCUT2D eigenvalue weighted by atomic mass is 19.1. The van der Waals surface area contributed by atoms with Crippen molar-refractivity contribution in [2.45, 2.75) is 32.7 Å². The average molecular weight is 343 g/mol. The highest BCUT2D eigenvalue weighted by Gasteiger charge is 2.24. The van der Waals surface area contributed by atoms with Crippen molar-refractivity contribution in [3.8, 4) is 0 Å². The summed E-state index contributed by atoms with van der Waals surface area (Å²) in [5.74, 6) is -0.629. The zero-order valence-corrected chi connectivity index (χ0v) is 14.4. The molecule has 0 bridgehead atoms. The number of carbonyl (C=O) groups excluding carboxylic acids is 1. The van der Waals surface area contributed by atoms with Gasteiger partial charge in [-0.15, -0.1) is 0 Å². The number of halogens is 1. The summed E-state index contributed by atoms with van der Waals surface area (Å²) >= 11 is 0. The van der Waals surface area contributed by atoms with Crippen LogP contribution in [0.4, 0.5) is 10.1 Å². The van der Waals surface area contributed by atoms with Crippen LogP contribution in [0.5, 0.6) is 0 Å². The van der Waals surface area contributed by atoms with E-state index < -0.39 is 0 Å². The maximum atomic E-state index is 13.4. The fraction of sp³-hybridized carbons (Fsp3) is 0.368. The molecule has 0 aliphatic carbocycles. The Balaban J connectivity index is 1.73. The highest BCUT2D eigenvalue weighted by molar-refractivity contribution is 5.95. The van der Waals surface area contributed by atoms with Gasteiger partial charge in [-0.25, -0.2) is 4.39 Å². The maximum Gasteiger partial charge on any atom is 0.261 e. The molecule has 6 heteroatoms. The van der Waals surface area contributed by atoms with Crippen molar-refractivity contribution in [1.29, 1.82) is 0 Å². The Hall–Kier alpha value is -2.63. The molecule has 1 aliphatic heterocycles. The molecule has 0 radical (unpaired) electrons. The number of nitrogens with one attached hydrogen (secondary N) is 2. The van der Waals surface area contributed by atoms with Gasteiger partial charge in [-0.2, -0.15) is 0 Å². The quantitative estimate of drug-likeness (QED) is 0.900. The summed E-state index contributed by atoms with van der Waals surface area (Å²) in [6, 6.07) is 8.17. The van der Waals surface area contributed by atoms with Gasteiger partial charge in [0, 0.05) is 30.5 Å². The van der Waals surface area contributed by atoms with E-state index in [0.717, 1.165) is 30.8 Å². The second-order valence-electron chi connectivity index (χ2n) is 6.58. The molecular formula is C19H22FN3O2. The van der Waals surface area contributed by atoms with E-state index in [1.165, 1.54) is 12.1 Å². The molecule has 1 saturated heterocycles. The molecule has 25 heavy (non-hydrogen) atoms. The highest BCUT2D eigenvalue weighted by Crippen LogP contribution is 2.21. The Morgan fingerprint density at radius 3 is 2.84 bits per heavy atom. The molecule has 3 rings (SSSR count). The van der Waals surface area contributed by atoms with Gasteiger partial charge in [0.2, 0.25) is 0 Å². The molecule has 1 atom stereocenters. The van der Waals surface area contributed by atoms with Crippen LogP contribution < -0.4 is 15.8 Å². The van der Waals surface area contributed by atoms with Crippen LogP contribution in [0.1, 0.15) is 34.5 Å². The molecule has 0 spiro atoms. The van der Waals surface area contributed by atoms with Gasteiger partial charge in [0.05, 0.1) is 0 Å². The lowest BCUT2D eigenvalue weighted by molar-refractivity contribution is 0.0931. The molecule has 2 N–H and O–H groups in total. The number of pyridine rings is 1. The van der Waals surface area contributed by atoms with Gasteiger partial charge >= 0.3 is 0 Å². The Labute approximate surface area is 145 Å². The van der Waals surface area contributed by atoms with E-state index in [1.54, 1.807) is 26.0 Å². The van der Waals surface area contributed by atoms with Crippen LogP contribution in [0.3, 0.4) is 0 Å². The van der Waals surface area contributed by atoms with Crippen LogP contribution in [0.25, 0.3) is 0 Å². The molecule has 5 nitrogen and oxygen atoms in total. The number of aryl methyl sites for hydroxylation is 2. The minimum Gasteiger partial charge on any atom is -0.369 e. The maximum absolute atomic E-state index is 13.4. The third-order valence-electron chi connectivity index (χ3n) is 4.52. The third kappa shape index (κ3) is 3.90. The first-order valence-corrected chi connectivity index (χ1v) is 8.46. The summed E-state index contributed by atoms with van der Waals surface area (Å²) in [5, 5.41) is 2.96. The number of hydrogen-bond donors (Lipinski definition) is 2. The Morgan fingerprint density at radius 2 is 2.12 bits per heavy atom. The van der Waals surface area contributed by atoms with Crippen LogP contribution in [0.2, 0.25) is 0 Å². The lowest BCUT2D eigenvalue weighted by Gasteiger charge is -2.34. The van der Waals surface area contributed by atoms with Gasteiger partial charge < -0.3 is 15.2 Å². The number of amides is 1. The molecule has 1 aromatic carbocycles. The van der Waals surface area contributed by atoms with E-state index in [0.29, 0.717) is 12.1 Å². The van der Waals surface area contributed by atoms with Crippen LogP contribution in [-0.4, -0.2) is 30.0 Å². The number of nitrogens with zero attached hydrogens (tertiary/aromatic N) is 1. The number of piperidine rings is 1. The number of H-pyrrole nitrogens is 1. The molecule has 1 fully saturated rings. The van der Waals surface area contributed by atoms with E-state index in [4.69, 9.17) is 0 Å². The molecule has 1 aliphatic rings. The molecule has 2 aromatic rings. The van der Waals surface area contributed by atoms with Crippen molar-refractivity contribution < 1.29 is 9.18 Å². The van der Waals surface area contributed by atoms with E-state index in [9.17, 15) is 14.0 Å². The number of hydrogen-bond acceptors (Lipinski definition) is 3.